The summed E-state index contributed by atoms with van der Waals surface area (Å²) >= 11 is 0. The predicted molar refractivity (Wildman–Crippen MR) is 109 cm³/mol. The smallest absolute Gasteiger partial charge is 0.243 e. The Morgan fingerprint density at radius 3 is 2.46 bits per heavy atom. The largest absolute Gasteiger partial charge is 0.351 e. The summed E-state index contributed by atoms with van der Waals surface area (Å²) in [7, 11) is -3.41. The van der Waals surface area contributed by atoms with Gasteiger partial charge in [0.25, 0.3) is 0 Å². The summed E-state index contributed by atoms with van der Waals surface area (Å²) < 4.78 is 26.9. The third-order valence-electron chi connectivity index (χ3n) is 5.40. The van der Waals surface area contributed by atoms with Crippen LogP contribution in [0.2, 0.25) is 0 Å². The fourth-order valence-corrected chi connectivity index (χ4v) is 5.38. The van der Waals surface area contributed by atoms with Crippen molar-refractivity contribution in [2.45, 2.75) is 69.5 Å². The maximum Gasteiger partial charge on any atom is 0.243 e. The first kappa shape index (κ1) is 21.2. The summed E-state index contributed by atoms with van der Waals surface area (Å²) in [5, 5.41) is 2.94. The van der Waals surface area contributed by atoms with Crippen molar-refractivity contribution < 1.29 is 13.2 Å². The average Bonchev–Trinajstić information content (AvgIpc) is 3.15. The standard InChI is InChI=1S/C20H32N4O3S/c1-15(2)12-17-13-19(23-22-17)20(25)21-14-16-6-8-18(9-7-16)28(26,27)24-10-4-3-5-11-24/h6-9,15,17,19,22-23H,3-5,10-14H2,1-2H3,(H,21,25). The van der Waals surface area contributed by atoms with E-state index in [4.69, 9.17) is 0 Å². The molecule has 3 N–H and O–H groups in total. The fraction of sp³-hybridized carbons (Fsp3) is 0.650. The third kappa shape index (κ3) is 5.31. The van der Waals surface area contributed by atoms with Gasteiger partial charge in [0.05, 0.1) is 4.90 Å². The molecule has 2 heterocycles. The zero-order chi connectivity index (χ0) is 20.1. The van der Waals surface area contributed by atoms with Crippen molar-refractivity contribution in [1.29, 1.82) is 0 Å². The number of sulfonamides is 1. The van der Waals surface area contributed by atoms with E-state index in [-0.39, 0.29) is 11.9 Å². The number of carbonyl (C=O) groups is 1. The lowest BCUT2D eigenvalue weighted by atomic mass is 10.00. The number of rotatable bonds is 7. The lowest BCUT2D eigenvalue weighted by molar-refractivity contribution is -0.123. The van der Waals surface area contributed by atoms with E-state index in [0.29, 0.717) is 36.5 Å². The molecule has 7 nitrogen and oxygen atoms in total. The maximum atomic E-state index is 12.7. The van der Waals surface area contributed by atoms with Gasteiger partial charge < -0.3 is 5.32 Å². The first-order valence-corrected chi connectivity index (χ1v) is 11.7. The molecule has 8 heteroatoms. The van der Waals surface area contributed by atoms with Gasteiger partial charge in [0.2, 0.25) is 15.9 Å². The number of hydrogen-bond acceptors (Lipinski definition) is 5. The minimum absolute atomic E-state index is 0.0382. The molecular weight excluding hydrogens is 376 g/mol. The fourth-order valence-electron chi connectivity index (χ4n) is 3.86. The molecular formula is C20H32N4O3S. The highest BCUT2D eigenvalue weighted by Gasteiger charge is 2.29. The van der Waals surface area contributed by atoms with E-state index in [1.807, 2.05) is 0 Å². The van der Waals surface area contributed by atoms with Crippen LogP contribution in [0.25, 0.3) is 0 Å². The quantitative estimate of drug-likeness (QED) is 0.640. The molecule has 2 aliphatic rings. The van der Waals surface area contributed by atoms with Crippen molar-refractivity contribution in [2.24, 2.45) is 5.92 Å². The highest BCUT2D eigenvalue weighted by atomic mass is 32.2. The summed E-state index contributed by atoms with van der Waals surface area (Å²) in [6.45, 7) is 5.92. The number of hydrogen-bond donors (Lipinski definition) is 3. The van der Waals surface area contributed by atoms with Crippen LogP contribution in [0, 0.1) is 5.92 Å². The molecule has 0 bridgehead atoms. The highest BCUT2D eigenvalue weighted by molar-refractivity contribution is 7.89. The van der Waals surface area contributed by atoms with E-state index in [0.717, 1.165) is 37.7 Å². The van der Waals surface area contributed by atoms with E-state index in [1.165, 1.54) is 0 Å². The topological polar surface area (TPSA) is 90.5 Å². The van der Waals surface area contributed by atoms with Crippen LogP contribution in [0.3, 0.4) is 0 Å². The van der Waals surface area contributed by atoms with Gasteiger partial charge in [-0.2, -0.15) is 4.31 Å². The molecule has 0 aliphatic carbocycles. The number of nitrogens with one attached hydrogen (secondary N) is 3. The second-order valence-electron chi connectivity index (χ2n) is 8.23. The first-order chi connectivity index (χ1) is 13.4. The molecule has 2 saturated heterocycles. The minimum Gasteiger partial charge on any atom is -0.351 e. The molecule has 156 valence electrons. The van der Waals surface area contributed by atoms with Crippen LogP contribution in [0.5, 0.6) is 0 Å². The van der Waals surface area contributed by atoms with E-state index in [9.17, 15) is 13.2 Å². The molecule has 28 heavy (non-hydrogen) atoms. The van der Waals surface area contributed by atoms with Crippen molar-refractivity contribution in [3.05, 3.63) is 29.8 Å². The van der Waals surface area contributed by atoms with E-state index in [2.05, 4.69) is 30.0 Å². The molecule has 0 radical (unpaired) electrons. The second-order valence-corrected chi connectivity index (χ2v) is 10.2. The van der Waals surface area contributed by atoms with Crippen molar-refractivity contribution in [1.82, 2.24) is 20.5 Å². The Morgan fingerprint density at radius 2 is 1.82 bits per heavy atom. The number of nitrogens with zero attached hydrogens (tertiary/aromatic N) is 1. The van der Waals surface area contributed by atoms with E-state index in [1.54, 1.807) is 28.6 Å². The third-order valence-corrected chi connectivity index (χ3v) is 7.31. The van der Waals surface area contributed by atoms with Gasteiger partial charge in [-0.05, 0) is 49.3 Å². The Hall–Kier alpha value is -1.48. The molecule has 0 aromatic heterocycles. The molecule has 0 saturated carbocycles. The van der Waals surface area contributed by atoms with Gasteiger partial charge in [0, 0.05) is 25.7 Å². The number of carbonyl (C=O) groups excluding carboxylic acids is 1. The van der Waals surface area contributed by atoms with Crippen LogP contribution in [-0.4, -0.2) is 43.8 Å². The minimum atomic E-state index is -3.41. The van der Waals surface area contributed by atoms with Gasteiger partial charge in [0.15, 0.2) is 0 Å². The van der Waals surface area contributed by atoms with Crippen molar-refractivity contribution >= 4 is 15.9 Å². The Labute approximate surface area is 168 Å². The second kappa shape index (κ2) is 9.35. The number of piperidine rings is 1. The Balaban J connectivity index is 1.51. The average molecular weight is 409 g/mol. The Bertz CT molecular complexity index is 758. The summed E-state index contributed by atoms with van der Waals surface area (Å²) in [5.74, 6) is 0.546. The Morgan fingerprint density at radius 1 is 1.14 bits per heavy atom. The van der Waals surface area contributed by atoms with Crippen LogP contribution in [0.4, 0.5) is 0 Å². The molecule has 1 aromatic carbocycles. The lowest BCUT2D eigenvalue weighted by Gasteiger charge is -2.25. The van der Waals surface area contributed by atoms with Crippen molar-refractivity contribution in [3.8, 4) is 0 Å². The Kier molecular flexibility index (Phi) is 7.09. The summed E-state index contributed by atoms with van der Waals surface area (Å²) in [5.41, 5.74) is 7.14. The summed E-state index contributed by atoms with van der Waals surface area (Å²) in [6.07, 6.45) is 4.74. The highest BCUT2D eigenvalue weighted by Crippen LogP contribution is 2.21. The number of benzene rings is 1. The van der Waals surface area contributed by atoms with Gasteiger partial charge in [0.1, 0.15) is 6.04 Å². The zero-order valence-electron chi connectivity index (χ0n) is 16.8. The van der Waals surface area contributed by atoms with Gasteiger partial charge in [-0.3, -0.25) is 10.2 Å². The van der Waals surface area contributed by atoms with Crippen LogP contribution in [0.15, 0.2) is 29.2 Å². The molecule has 1 aromatic rings. The van der Waals surface area contributed by atoms with Crippen LogP contribution >= 0.6 is 0 Å². The number of amides is 1. The zero-order valence-corrected chi connectivity index (χ0v) is 17.6. The maximum absolute atomic E-state index is 12.7. The van der Waals surface area contributed by atoms with Gasteiger partial charge in [-0.25, -0.2) is 13.8 Å². The molecule has 1 amide bonds. The SMILES string of the molecule is CC(C)CC1CC(C(=O)NCc2ccc(S(=O)(=O)N3CCCCC3)cc2)NN1. The molecule has 0 spiro atoms. The van der Waals surface area contributed by atoms with Gasteiger partial charge in [-0.15, -0.1) is 0 Å². The molecule has 2 atom stereocenters. The van der Waals surface area contributed by atoms with Crippen LogP contribution in [-0.2, 0) is 21.4 Å². The first-order valence-electron chi connectivity index (χ1n) is 10.2. The molecule has 3 rings (SSSR count). The van der Waals surface area contributed by atoms with Gasteiger partial charge >= 0.3 is 0 Å². The van der Waals surface area contributed by atoms with Crippen molar-refractivity contribution in [2.75, 3.05) is 13.1 Å². The van der Waals surface area contributed by atoms with E-state index < -0.39 is 10.0 Å². The van der Waals surface area contributed by atoms with Gasteiger partial charge in [-0.1, -0.05) is 32.4 Å². The van der Waals surface area contributed by atoms with E-state index >= 15 is 0 Å². The summed E-state index contributed by atoms with van der Waals surface area (Å²) in [4.78, 5) is 12.7. The van der Waals surface area contributed by atoms with Crippen LogP contribution in [0.1, 0.15) is 51.5 Å². The van der Waals surface area contributed by atoms with Crippen molar-refractivity contribution in [3.63, 3.8) is 0 Å². The predicted octanol–water partition coefficient (Wildman–Crippen LogP) is 1.76. The molecule has 2 fully saturated rings. The monoisotopic (exact) mass is 408 g/mol. The normalized spacial score (nSPS) is 23.8. The lowest BCUT2D eigenvalue weighted by Crippen LogP contribution is -2.43. The number of hydrazine groups is 1. The molecule has 2 unspecified atom stereocenters. The van der Waals surface area contributed by atoms with Crippen LogP contribution < -0.4 is 16.2 Å². The summed E-state index contributed by atoms with van der Waals surface area (Å²) in [6, 6.07) is 6.91. The molecule has 2 aliphatic heterocycles.